The maximum Gasteiger partial charge on any atom is 0.327 e. The van der Waals surface area contributed by atoms with Crippen LogP contribution in [0.25, 0.3) is 10.1 Å². The number of urea groups is 1. The first-order chi connectivity index (χ1) is 10.1. The summed E-state index contributed by atoms with van der Waals surface area (Å²) in [5, 5.41) is 14.9. The summed E-state index contributed by atoms with van der Waals surface area (Å²) in [6.07, 6.45) is 0. The van der Waals surface area contributed by atoms with Crippen LogP contribution >= 0.6 is 23.1 Å². The molecule has 0 spiro atoms. The van der Waals surface area contributed by atoms with Gasteiger partial charge in [-0.1, -0.05) is 0 Å². The van der Waals surface area contributed by atoms with E-state index in [-0.39, 0.29) is 11.4 Å². The molecule has 0 bridgehead atoms. The molecule has 110 valence electrons. The first-order valence-electron chi connectivity index (χ1n) is 6.47. The summed E-state index contributed by atoms with van der Waals surface area (Å²) in [5.41, 5.74) is 0.680. The summed E-state index contributed by atoms with van der Waals surface area (Å²) in [7, 11) is 0. The van der Waals surface area contributed by atoms with Crippen molar-refractivity contribution in [1.29, 1.82) is 0 Å². The molecule has 7 heteroatoms. The topological polar surface area (TPSA) is 69.6 Å². The number of hydrogen-bond donors (Lipinski definition) is 2. The zero-order valence-electron chi connectivity index (χ0n) is 11.3. The maximum absolute atomic E-state index is 12.4. The molecule has 1 fully saturated rings. The van der Waals surface area contributed by atoms with Gasteiger partial charge in [0.25, 0.3) is 0 Å². The van der Waals surface area contributed by atoms with Gasteiger partial charge in [0.2, 0.25) is 0 Å². The van der Waals surface area contributed by atoms with E-state index in [0.29, 0.717) is 11.4 Å². The number of hydrogen-bond acceptors (Lipinski definition) is 4. The highest BCUT2D eigenvalue weighted by molar-refractivity contribution is 8.00. The van der Waals surface area contributed by atoms with Crippen LogP contribution in [0.5, 0.6) is 0 Å². The van der Waals surface area contributed by atoms with Gasteiger partial charge in [0.15, 0.2) is 0 Å². The van der Waals surface area contributed by atoms with Gasteiger partial charge in [-0.25, -0.2) is 9.59 Å². The third-order valence-corrected chi connectivity index (χ3v) is 5.56. The number of benzene rings is 1. The van der Waals surface area contributed by atoms with Crippen LogP contribution in [0.1, 0.15) is 6.92 Å². The highest BCUT2D eigenvalue weighted by Crippen LogP contribution is 2.30. The van der Waals surface area contributed by atoms with Crippen molar-refractivity contribution in [2.45, 2.75) is 18.3 Å². The first-order valence-corrected chi connectivity index (χ1v) is 8.40. The molecule has 2 aromatic rings. The molecular weight excluding hydrogens is 308 g/mol. The fourth-order valence-electron chi connectivity index (χ4n) is 2.37. The summed E-state index contributed by atoms with van der Waals surface area (Å²) in [4.78, 5) is 25.0. The maximum atomic E-state index is 12.4. The fraction of sp³-hybridized carbons (Fsp3) is 0.286. The Hall–Kier alpha value is -1.73. The molecule has 5 nitrogen and oxygen atoms in total. The third-order valence-electron chi connectivity index (χ3n) is 3.45. The molecule has 0 radical (unpaired) electrons. The van der Waals surface area contributed by atoms with Crippen LogP contribution < -0.4 is 5.32 Å². The second-order valence-corrected chi connectivity index (χ2v) is 7.09. The summed E-state index contributed by atoms with van der Waals surface area (Å²) in [6.45, 7) is 1.84. The van der Waals surface area contributed by atoms with Crippen LogP contribution in [0.4, 0.5) is 10.5 Å². The Balaban J connectivity index is 1.79. The summed E-state index contributed by atoms with van der Waals surface area (Å²) in [6, 6.07) is 6.54. The van der Waals surface area contributed by atoms with Crippen LogP contribution in [0.2, 0.25) is 0 Å². The van der Waals surface area contributed by atoms with Gasteiger partial charge in [0.1, 0.15) is 6.04 Å². The van der Waals surface area contributed by atoms with Crippen molar-refractivity contribution in [3.63, 3.8) is 0 Å². The number of thioether (sulfide) groups is 1. The second-order valence-electron chi connectivity index (χ2n) is 4.80. The number of rotatable bonds is 2. The Labute approximate surface area is 129 Å². The van der Waals surface area contributed by atoms with Crippen molar-refractivity contribution in [3.8, 4) is 0 Å². The highest BCUT2D eigenvalue weighted by atomic mass is 32.2. The molecule has 1 aromatic carbocycles. The molecule has 1 aromatic heterocycles. The molecule has 1 saturated heterocycles. The Morgan fingerprint density at radius 3 is 2.95 bits per heavy atom. The minimum atomic E-state index is -0.963. The Morgan fingerprint density at radius 1 is 1.38 bits per heavy atom. The molecule has 1 aliphatic rings. The fourth-order valence-corrected chi connectivity index (χ4v) is 4.31. The molecule has 1 aliphatic heterocycles. The molecule has 3 rings (SSSR count). The molecule has 2 N–H and O–H groups in total. The van der Waals surface area contributed by atoms with Crippen molar-refractivity contribution < 1.29 is 14.7 Å². The average molecular weight is 322 g/mol. The average Bonchev–Trinajstić information content (AvgIpc) is 3.04. The number of fused-ring (bicyclic) bond motifs is 1. The number of carboxylic acid groups (broad SMARTS) is 1. The number of aliphatic carboxylic acids is 1. The monoisotopic (exact) mass is 322 g/mol. The number of anilines is 1. The number of carboxylic acids is 1. The highest BCUT2D eigenvalue weighted by Gasteiger charge is 2.39. The number of carbonyl (C=O) groups is 2. The molecule has 2 amide bonds. The second kappa shape index (κ2) is 5.57. The van der Waals surface area contributed by atoms with Gasteiger partial charge < -0.3 is 10.4 Å². The number of nitrogens with zero attached hydrogens (tertiary/aromatic N) is 1. The van der Waals surface area contributed by atoms with Gasteiger partial charge in [0, 0.05) is 16.1 Å². The van der Waals surface area contributed by atoms with Crippen LogP contribution in [0, 0.1) is 0 Å². The largest absolute Gasteiger partial charge is 0.480 e. The normalized spacial score (nSPS) is 21.7. The summed E-state index contributed by atoms with van der Waals surface area (Å²) < 4.78 is 1.15. The van der Waals surface area contributed by atoms with E-state index in [0.717, 1.165) is 10.1 Å². The molecular formula is C14H14N2O3S2. The van der Waals surface area contributed by atoms with E-state index in [4.69, 9.17) is 0 Å². The lowest BCUT2D eigenvalue weighted by Crippen LogP contribution is -2.46. The van der Waals surface area contributed by atoms with Gasteiger partial charge in [-0.05, 0) is 42.0 Å². The number of amides is 2. The van der Waals surface area contributed by atoms with Crippen molar-refractivity contribution >= 4 is 50.9 Å². The lowest BCUT2D eigenvalue weighted by Gasteiger charge is -2.25. The number of carbonyl (C=O) groups excluding carboxylic acids is 1. The minimum Gasteiger partial charge on any atom is -0.480 e. The Kier molecular flexibility index (Phi) is 3.77. The van der Waals surface area contributed by atoms with Crippen LogP contribution in [0.3, 0.4) is 0 Å². The minimum absolute atomic E-state index is 0.143. The summed E-state index contributed by atoms with van der Waals surface area (Å²) >= 11 is 3.11. The van der Waals surface area contributed by atoms with Crippen molar-refractivity contribution in [2.75, 3.05) is 11.1 Å². The smallest absolute Gasteiger partial charge is 0.327 e. The molecule has 2 atom stereocenters. The quantitative estimate of drug-likeness (QED) is 0.890. The molecule has 0 aliphatic carbocycles. The van der Waals surface area contributed by atoms with Gasteiger partial charge in [-0.2, -0.15) is 0 Å². The van der Waals surface area contributed by atoms with Crippen LogP contribution in [-0.4, -0.2) is 39.2 Å². The zero-order valence-corrected chi connectivity index (χ0v) is 12.9. The SMILES string of the molecule is CC1SCC(C(=O)O)N1C(=O)Nc1ccc2sccc2c1. The Bertz CT molecular complexity index is 700. The van der Waals surface area contributed by atoms with E-state index in [1.54, 1.807) is 11.3 Å². The van der Waals surface area contributed by atoms with Crippen LogP contribution in [0.15, 0.2) is 29.6 Å². The van der Waals surface area contributed by atoms with Gasteiger partial charge in [-0.15, -0.1) is 23.1 Å². The lowest BCUT2D eigenvalue weighted by atomic mass is 10.2. The van der Waals surface area contributed by atoms with Crippen molar-refractivity contribution in [1.82, 2.24) is 4.90 Å². The van der Waals surface area contributed by atoms with Gasteiger partial charge in [-0.3, -0.25) is 4.90 Å². The van der Waals surface area contributed by atoms with Crippen LogP contribution in [-0.2, 0) is 4.79 Å². The molecule has 21 heavy (non-hydrogen) atoms. The van der Waals surface area contributed by atoms with E-state index in [2.05, 4.69) is 5.32 Å². The Morgan fingerprint density at radius 2 is 2.19 bits per heavy atom. The predicted octanol–water partition coefficient (Wildman–Crippen LogP) is 3.28. The first kappa shape index (κ1) is 14.2. The lowest BCUT2D eigenvalue weighted by molar-refractivity contribution is -0.141. The summed E-state index contributed by atoms with van der Waals surface area (Å²) in [5.74, 6) is -0.539. The number of thiophene rings is 1. The molecule has 0 saturated carbocycles. The van der Waals surface area contributed by atoms with E-state index < -0.39 is 12.0 Å². The molecule has 2 unspecified atom stereocenters. The van der Waals surface area contributed by atoms with Gasteiger partial charge in [0.05, 0.1) is 5.37 Å². The third kappa shape index (κ3) is 2.71. The van der Waals surface area contributed by atoms with E-state index in [9.17, 15) is 14.7 Å². The van der Waals surface area contributed by atoms with E-state index in [1.165, 1.54) is 16.7 Å². The van der Waals surface area contributed by atoms with E-state index >= 15 is 0 Å². The standard InChI is InChI=1S/C14H14N2O3S2/c1-8-16(11(7-21-8)13(17)18)14(19)15-10-2-3-12-9(6-10)4-5-20-12/h2-6,8,11H,7H2,1H3,(H,15,19)(H,17,18). The van der Waals surface area contributed by atoms with Gasteiger partial charge >= 0.3 is 12.0 Å². The number of nitrogens with one attached hydrogen (secondary N) is 1. The van der Waals surface area contributed by atoms with E-state index in [1.807, 2.05) is 36.6 Å². The van der Waals surface area contributed by atoms with Crippen molar-refractivity contribution in [3.05, 3.63) is 29.6 Å². The molecule has 2 heterocycles. The van der Waals surface area contributed by atoms with Crippen molar-refractivity contribution in [2.24, 2.45) is 0 Å². The predicted molar refractivity (Wildman–Crippen MR) is 86.0 cm³/mol. The zero-order chi connectivity index (χ0) is 15.0.